The first-order chi connectivity index (χ1) is 8.34. The minimum Gasteiger partial charge on any atom is -0.391 e. The molecule has 1 aliphatic heterocycles. The van der Waals surface area contributed by atoms with Gasteiger partial charge in [-0.15, -0.1) is 0 Å². The monoisotopic (exact) mass is 249 g/mol. The fourth-order valence-electron chi connectivity index (χ4n) is 3.25. The Morgan fingerprint density at radius 3 is 1.94 bits per heavy atom. The number of aliphatic hydroxyl groups is 2. The average Bonchev–Trinajstić information content (AvgIpc) is 2.45. The molecular weight excluding hydrogens is 226 g/mol. The Hall–Kier alpha value is -0.900. The van der Waals surface area contributed by atoms with E-state index in [0.717, 1.165) is 16.7 Å². The van der Waals surface area contributed by atoms with Gasteiger partial charge in [0.2, 0.25) is 0 Å². The van der Waals surface area contributed by atoms with Crippen molar-refractivity contribution >= 4 is 0 Å². The van der Waals surface area contributed by atoms with Crippen LogP contribution < -0.4 is 0 Å². The second-order valence-electron chi connectivity index (χ2n) is 5.65. The van der Waals surface area contributed by atoms with Crippen LogP contribution in [0.25, 0.3) is 0 Å². The van der Waals surface area contributed by atoms with Gasteiger partial charge in [-0.1, -0.05) is 17.7 Å². The molecule has 2 N–H and O–H groups in total. The van der Waals surface area contributed by atoms with Crippen LogP contribution in [0.1, 0.15) is 35.1 Å². The Morgan fingerprint density at radius 1 is 1.06 bits per heavy atom. The molecule has 0 amide bonds. The van der Waals surface area contributed by atoms with Gasteiger partial charge < -0.3 is 10.2 Å². The summed E-state index contributed by atoms with van der Waals surface area (Å²) in [6.45, 7) is 8.13. The molecular formula is C15H23NO2. The number of nitrogens with zero attached hydrogens (tertiary/aromatic N) is 1. The molecule has 0 aromatic heterocycles. The summed E-state index contributed by atoms with van der Waals surface area (Å²) in [6, 6.07) is 4.21. The first-order valence-electron chi connectivity index (χ1n) is 6.50. The highest BCUT2D eigenvalue weighted by atomic mass is 16.3. The van der Waals surface area contributed by atoms with Crippen molar-refractivity contribution in [2.24, 2.45) is 0 Å². The molecule has 0 bridgehead atoms. The predicted molar refractivity (Wildman–Crippen MR) is 72.6 cm³/mol. The standard InChI is InChI=1S/C15H23NO2/c1-8-6-9(2)12(10(3)7-8)13-14(17)11(4)16(5)15(13)18/h6-7,11,13-15,17-18H,1-5H3. The first-order valence-corrected chi connectivity index (χ1v) is 6.50. The molecule has 0 radical (unpaired) electrons. The van der Waals surface area contributed by atoms with Crippen LogP contribution in [0.15, 0.2) is 12.1 Å². The first kappa shape index (κ1) is 13.5. The van der Waals surface area contributed by atoms with Crippen molar-refractivity contribution < 1.29 is 10.2 Å². The lowest BCUT2D eigenvalue weighted by Crippen LogP contribution is -2.32. The second-order valence-corrected chi connectivity index (χ2v) is 5.65. The summed E-state index contributed by atoms with van der Waals surface area (Å²) in [7, 11) is 1.86. The van der Waals surface area contributed by atoms with E-state index in [1.165, 1.54) is 5.56 Å². The Kier molecular flexibility index (Phi) is 3.49. The van der Waals surface area contributed by atoms with Gasteiger partial charge in [0.15, 0.2) is 0 Å². The third-order valence-electron chi connectivity index (χ3n) is 4.31. The Balaban J connectivity index is 2.49. The van der Waals surface area contributed by atoms with Crippen LogP contribution in [-0.2, 0) is 0 Å². The molecule has 100 valence electrons. The van der Waals surface area contributed by atoms with Gasteiger partial charge in [0.25, 0.3) is 0 Å². The lowest BCUT2D eigenvalue weighted by atomic mass is 9.85. The van der Waals surface area contributed by atoms with E-state index in [0.29, 0.717) is 0 Å². The molecule has 0 aliphatic carbocycles. The van der Waals surface area contributed by atoms with E-state index >= 15 is 0 Å². The summed E-state index contributed by atoms with van der Waals surface area (Å²) in [5.41, 5.74) is 4.62. The molecule has 1 saturated heterocycles. The van der Waals surface area contributed by atoms with E-state index in [-0.39, 0.29) is 12.0 Å². The Labute approximate surface area is 109 Å². The number of aliphatic hydroxyl groups excluding tert-OH is 2. The summed E-state index contributed by atoms with van der Waals surface area (Å²) in [6.07, 6.45) is -1.14. The summed E-state index contributed by atoms with van der Waals surface area (Å²) in [4.78, 5) is 1.84. The Bertz CT molecular complexity index is 421. The molecule has 1 heterocycles. The van der Waals surface area contributed by atoms with Crippen molar-refractivity contribution in [1.29, 1.82) is 0 Å². The van der Waals surface area contributed by atoms with E-state index in [1.54, 1.807) is 0 Å². The van der Waals surface area contributed by atoms with Crippen LogP contribution in [0.3, 0.4) is 0 Å². The van der Waals surface area contributed by atoms with Gasteiger partial charge in [-0.05, 0) is 51.4 Å². The third kappa shape index (κ3) is 1.96. The average molecular weight is 249 g/mol. The van der Waals surface area contributed by atoms with Gasteiger partial charge in [-0.25, -0.2) is 0 Å². The number of rotatable bonds is 1. The van der Waals surface area contributed by atoms with Crippen molar-refractivity contribution in [2.45, 2.75) is 52.0 Å². The molecule has 3 nitrogen and oxygen atoms in total. The van der Waals surface area contributed by atoms with E-state index in [4.69, 9.17) is 0 Å². The lowest BCUT2D eigenvalue weighted by Gasteiger charge is -2.24. The number of likely N-dealkylation sites (tertiary alicyclic amines) is 1. The minimum absolute atomic E-state index is 0.0231. The minimum atomic E-state index is -0.616. The van der Waals surface area contributed by atoms with Crippen molar-refractivity contribution in [2.75, 3.05) is 7.05 Å². The van der Waals surface area contributed by atoms with Gasteiger partial charge in [-0.2, -0.15) is 0 Å². The maximum absolute atomic E-state index is 10.4. The smallest absolute Gasteiger partial charge is 0.116 e. The fraction of sp³-hybridized carbons (Fsp3) is 0.600. The summed E-state index contributed by atoms with van der Waals surface area (Å²) in [5, 5.41) is 20.7. The van der Waals surface area contributed by atoms with E-state index < -0.39 is 12.3 Å². The summed E-state index contributed by atoms with van der Waals surface area (Å²) < 4.78 is 0. The third-order valence-corrected chi connectivity index (χ3v) is 4.31. The van der Waals surface area contributed by atoms with E-state index in [9.17, 15) is 10.2 Å². The van der Waals surface area contributed by atoms with Crippen LogP contribution >= 0.6 is 0 Å². The molecule has 4 atom stereocenters. The molecule has 0 spiro atoms. The normalized spacial score (nSPS) is 33.1. The van der Waals surface area contributed by atoms with Gasteiger partial charge in [-0.3, -0.25) is 4.90 Å². The van der Waals surface area contributed by atoms with Crippen molar-refractivity contribution in [3.8, 4) is 0 Å². The molecule has 4 unspecified atom stereocenters. The van der Waals surface area contributed by atoms with Crippen LogP contribution in [0.4, 0.5) is 0 Å². The van der Waals surface area contributed by atoms with E-state index in [1.807, 2.05) is 18.9 Å². The number of aryl methyl sites for hydroxylation is 3. The maximum atomic E-state index is 10.4. The van der Waals surface area contributed by atoms with Crippen LogP contribution in [0, 0.1) is 20.8 Å². The summed E-state index contributed by atoms with van der Waals surface area (Å²) in [5.74, 6) is -0.217. The van der Waals surface area contributed by atoms with Gasteiger partial charge in [0.05, 0.1) is 12.0 Å². The molecule has 1 aromatic carbocycles. The zero-order chi connectivity index (χ0) is 13.6. The molecule has 1 aromatic rings. The SMILES string of the molecule is Cc1cc(C)c(C2C(O)C(C)N(C)C2O)c(C)c1. The highest BCUT2D eigenvalue weighted by molar-refractivity contribution is 5.42. The molecule has 1 aliphatic rings. The Morgan fingerprint density at radius 2 is 1.56 bits per heavy atom. The van der Waals surface area contributed by atoms with Gasteiger partial charge >= 0.3 is 0 Å². The largest absolute Gasteiger partial charge is 0.391 e. The van der Waals surface area contributed by atoms with Crippen LogP contribution in [0.5, 0.6) is 0 Å². The highest BCUT2D eigenvalue weighted by Gasteiger charge is 2.45. The van der Waals surface area contributed by atoms with Crippen molar-refractivity contribution in [3.05, 3.63) is 34.4 Å². The number of hydrogen-bond acceptors (Lipinski definition) is 3. The van der Waals surface area contributed by atoms with Crippen LogP contribution in [-0.4, -0.2) is 40.5 Å². The highest BCUT2D eigenvalue weighted by Crippen LogP contribution is 2.38. The maximum Gasteiger partial charge on any atom is 0.116 e. The van der Waals surface area contributed by atoms with Crippen LogP contribution in [0.2, 0.25) is 0 Å². The number of likely N-dealkylation sites (N-methyl/N-ethyl adjacent to an activating group) is 1. The summed E-state index contributed by atoms with van der Waals surface area (Å²) >= 11 is 0. The molecule has 18 heavy (non-hydrogen) atoms. The van der Waals surface area contributed by atoms with Crippen molar-refractivity contribution in [3.63, 3.8) is 0 Å². The molecule has 3 heteroatoms. The lowest BCUT2D eigenvalue weighted by molar-refractivity contribution is 0.0301. The van der Waals surface area contributed by atoms with E-state index in [2.05, 4.69) is 32.9 Å². The second kappa shape index (κ2) is 4.65. The predicted octanol–water partition coefficient (Wildman–Crippen LogP) is 1.71. The van der Waals surface area contributed by atoms with Crippen molar-refractivity contribution in [1.82, 2.24) is 4.90 Å². The fourth-order valence-corrected chi connectivity index (χ4v) is 3.25. The zero-order valence-electron chi connectivity index (χ0n) is 11.8. The topological polar surface area (TPSA) is 43.7 Å². The zero-order valence-corrected chi connectivity index (χ0v) is 11.8. The van der Waals surface area contributed by atoms with Gasteiger partial charge in [0, 0.05) is 6.04 Å². The molecule has 2 rings (SSSR count). The quantitative estimate of drug-likeness (QED) is 0.796. The number of hydrogen-bond donors (Lipinski definition) is 2. The number of benzene rings is 1. The molecule has 0 saturated carbocycles. The van der Waals surface area contributed by atoms with Gasteiger partial charge in [0.1, 0.15) is 6.23 Å². The molecule has 1 fully saturated rings.